The minimum Gasteiger partial charge on any atom is -0.311 e. The van der Waals surface area contributed by atoms with E-state index in [-0.39, 0.29) is 0 Å². The molecule has 2 heteroatoms. The van der Waals surface area contributed by atoms with Gasteiger partial charge in [0, 0.05) is 24.4 Å². The fourth-order valence-electron chi connectivity index (χ4n) is 3.84. The molecular weight excluding hydrogens is 234 g/mol. The van der Waals surface area contributed by atoms with E-state index in [2.05, 4.69) is 37.4 Å². The van der Waals surface area contributed by atoms with Gasteiger partial charge in [-0.3, -0.25) is 4.79 Å². The Bertz CT molecular complexity index is 462. The molecule has 1 N–H and O–H groups in total. The molecule has 3 rings (SSSR count). The number of fused-ring (bicyclic) bond motifs is 2. The zero-order valence-electron chi connectivity index (χ0n) is 11.9. The van der Waals surface area contributed by atoms with Crippen molar-refractivity contribution in [2.24, 2.45) is 5.92 Å². The Morgan fingerprint density at radius 3 is 2.26 bits per heavy atom. The lowest BCUT2D eigenvalue weighted by molar-refractivity contribution is -0.123. The minimum atomic E-state index is 0.291. The van der Waals surface area contributed by atoms with Gasteiger partial charge in [0.1, 0.15) is 5.78 Å². The van der Waals surface area contributed by atoms with Crippen LogP contribution in [0.25, 0.3) is 0 Å². The molecule has 1 aromatic carbocycles. The maximum atomic E-state index is 12.5. The number of piperidine rings is 1. The van der Waals surface area contributed by atoms with Gasteiger partial charge in [0.15, 0.2) is 0 Å². The summed E-state index contributed by atoms with van der Waals surface area (Å²) in [6.07, 6.45) is 5.25. The van der Waals surface area contributed by atoms with Crippen LogP contribution < -0.4 is 5.32 Å². The molecule has 2 fully saturated rings. The van der Waals surface area contributed by atoms with Gasteiger partial charge in [-0.1, -0.05) is 29.3 Å². The standard InChI is InChI=1S/C17H23NO/c1-11-5-12(2)7-13(6-11)8-17(19)14-9-15-3-4-16(10-14)18-15/h5-7,14-16,18H,3-4,8-10H2,1-2H3. The molecule has 2 heterocycles. The Hall–Kier alpha value is -1.15. The van der Waals surface area contributed by atoms with E-state index in [9.17, 15) is 4.79 Å². The van der Waals surface area contributed by atoms with Crippen LogP contribution >= 0.6 is 0 Å². The molecule has 0 saturated carbocycles. The Morgan fingerprint density at radius 2 is 1.68 bits per heavy atom. The van der Waals surface area contributed by atoms with Crippen molar-refractivity contribution in [2.75, 3.05) is 0 Å². The van der Waals surface area contributed by atoms with Gasteiger partial charge >= 0.3 is 0 Å². The Labute approximate surface area is 115 Å². The number of nitrogens with one attached hydrogen (secondary N) is 1. The van der Waals surface area contributed by atoms with Gasteiger partial charge in [-0.25, -0.2) is 0 Å². The van der Waals surface area contributed by atoms with E-state index in [1.54, 1.807) is 0 Å². The highest BCUT2D eigenvalue weighted by Gasteiger charge is 2.36. The summed E-state index contributed by atoms with van der Waals surface area (Å²) in [5, 5.41) is 3.61. The minimum absolute atomic E-state index is 0.291. The molecule has 0 radical (unpaired) electrons. The van der Waals surface area contributed by atoms with E-state index in [1.165, 1.54) is 29.5 Å². The number of benzene rings is 1. The number of Topliss-reactive ketones (excluding diaryl/α,β-unsaturated/α-hetero) is 1. The summed E-state index contributed by atoms with van der Waals surface area (Å²) in [6, 6.07) is 7.68. The summed E-state index contributed by atoms with van der Waals surface area (Å²) in [5.41, 5.74) is 3.70. The zero-order chi connectivity index (χ0) is 13.4. The molecule has 2 saturated heterocycles. The quantitative estimate of drug-likeness (QED) is 0.902. The van der Waals surface area contributed by atoms with Crippen molar-refractivity contribution in [1.29, 1.82) is 0 Å². The predicted octanol–water partition coefficient (Wildman–Crippen LogP) is 2.95. The van der Waals surface area contributed by atoms with Crippen LogP contribution in [0.4, 0.5) is 0 Å². The van der Waals surface area contributed by atoms with Crippen molar-refractivity contribution in [3.8, 4) is 0 Å². The third-order valence-electron chi connectivity index (χ3n) is 4.59. The Kier molecular flexibility index (Phi) is 3.44. The third kappa shape index (κ3) is 2.89. The molecule has 1 aromatic rings. The van der Waals surface area contributed by atoms with Crippen molar-refractivity contribution >= 4 is 5.78 Å². The van der Waals surface area contributed by atoms with Crippen molar-refractivity contribution in [3.63, 3.8) is 0 Å². The highest BCUT2D eigenvalue weighted by molar-refractivity contribution is 5.83. The number of carbonyl (C=O) groups excluding carboxylic acids is 1. The number of carbonyl (C=O) groups is 1. The van der Waals surface area contributed by atoms with Crippen LogP contribution in [0.5, 0.6) is 0 Å². The topological polar surface area (TPSA) is 29.1 Å². The second-order valence-electron chi connectivity index (χ2n) is 6.45. The SMILES string of the molecule is Cc1cc(C)cc(CC(=O)C2CC3CCC(C2)N3)c1. The van der Waals surface area contributed by atoms with Gasteiger partial charge in [0.2, 0.25) is 0 Å². The summed E-state index contributed by atoms with van der Waals surface area (Å²) in [4.78, 5) is 12.5. The van der Waals surface area contributed by atoms with Crippen LogP contribution in [-0.4, -0.2) is 17.9 Å². The average molecular weight is 257 g/mol. The first-order valence-corrected chi connectivity index (χ1v) is 7.46. The Balaban J connectivity index is 1.67. The number of hydrogen-bond donors (Lipinski definition) is 1. The van der Waals surface area contributed by atoms with E-state index in [0.717, 1.165) is 12.8 Å². The zero-order valence-corrected chi connectivity index (χ0v) is 11.9. The molecular formula is C17H23NO. The fourth-order valence-corrected chi connectivity index (χ4v) is 3.84. The van der Waals surface area contributed by atoms with Crippen LogP contribution in [0, 0.1) is 19.8 Å². The van der Waals surface area contributed by atoms with Crippen LogP contribution in [0.3, 0.4) is 0 Å². The lowest BCUT2D eigenvalue weighted by atomic mass is 9.86. The number of hydrogen-bond acceptors (Lipinski definition) is 2. The summed E-state index contributed by atoms with van der Waals surface area (Å²) < 4.78 is 0. The summed E-state index contributed by atoms with van der Waals surface area (Å²) in [7, 11) is 0. The molecule has 2 unspecified atom stereocenters. The second kappa shape index (κ2) is 5.09. The summed E-state index contributed by atoms with van der Waals surface area (Å²) >= 11 is 0. The van der Waals surface area contributed by atoms with Crippen molar-refractivity contribution in [1.82, 2.24) is 5.32 Å². The maximum Gasteiger partial charge on any atom is 0.140 e. The van der Waals surface area contributed by atoms with E-state index >= 15 is 0 Å². The summed E-state index contributed by atoms with van der Waals surface area (Å²) in [6.45, 7) is 4.21. The van der Waals surface area contributed by atoms with Crippen LogP contribution in [-0.2, 0) is 11.2 Å². The van der Waals surface area contributed by atoms with Gasteiger partial charge in [-0.15, -0.1) is 0 Å². The predicted molar refractivity (Wildman–Crippen MR) is 77.3 cm³/mol. The molecule has 102 valence electrons. The monoisotopic (exact) mass is 257 g/mol. The first kappa shape index (κ1) is 12.9. The molecule has 0 aliphatic carbocycles. The van der Waals surface area contributed by atoms with E-state index < -0.39 is 0 Å². The lowest BCUT2D eigenvalue weighted by Gasteiger charge is -2.28. The molecule has 2 bridgehead atoms. The van der Waals surface area contributed by atoms with Crippen LogP contribution in [0.1, 0.15) is 42.4 Å². The second-order valence-corrected chi connectivity index (χ2v) is 6.45. The van der Waals surface area contributed by atoms with Crippen molar-refractivity contribution in [3.05, 3.63) is 34.9 Å². The molecule has 2 aliphatic heterocycles. The van der Waals surface area contributed by atoms with Gasteiger partial charge in [0.05, 0.1) is 0 Å². The van der Waals surface area contributed by atoms with Gasteiger partial charge < -0.3 is 5.32 Å². The highest BCUT2D eigenvalue weighted by atomic mass is 16.1. The van der Waals surface area contributed by atoms with E-state index in [1.807, 2.05) is 0 Å². The first-order chi connectivity index (χ1) is 9.10. The largest absolute Gasteiger partial charge is 0.311 e. The normalized spacial score (nSPS) is 29.5. The number of aryl methyl sites for hydroxylation is 2. The van der Waals surface area contributed by atoms with E-state index in [0.29, 0.717) is 30.2 Å². The van der Waals surface area contributed by atoms with Crippen LogP contribution in [0.2, 0.25) is 0 Å². The molecule has 0 spiro atoms. The molecule has 0 amide bonds. The third-order valence-corrected chi connectivity index (χ3v) is 4.59. The smallest absolute Gasteiger partial charge is 0.140 e. The fraction of sp³-hybridized carbons (Fsp3) is 0.588. The summed E-state index contributed by atoms with van der Waals surface area (Å²) in [5.74, 6) is 0.739. The van der Waals surface area contributed by atoms with Gasteiger partial charge in [0.25, 0.3) is 0 Å². The van der Waals surface area contributed by atoms with Crippen molar-refractivity contribution in [2.45, 2.75) is 58.0 Å². The number of rotatable bonds is 3. The highest BCUT2D eigenvalue weighted by Crippen LogP contribution is 2.32. The Morgan fingerprint density at radius 1 is 1.11 bits per heavy atom. The first-order valence-electron chi connectivity index (χ1n) is 7.46. The molecule has 19 heavy (non-hydrogen) atoms. The van der Waals surface area contributed by atoms with Crippen LogP contribution in [0.15, 0.2) is 18.2 Å². The maximum absolute atomic E-state index is 12.5. The molecule has 2 aliphatic rings. The average Bonchev–Trinajstić information content (AvgIpc) is 2.66. The van der Waals surface area contributed by atoms with E-state index in [4.69, 9.17) is 0 Å². The molecule has 2 atom stereocenters. The van der Waals surface area contributed by atoms with Gasteiger partial charge in [-0.2, -0.15) is 0 Å². The van der Waals surface area contributed by atoms with Gasteiger partial charge in [-0.05, 0) is 45.1 Å². The number of ketones is 1. The molecule has 0 aromatic heterocycles. The lowest BCUT2D eigenvalue weighted by Crippen LogP contribution is -2.40. The molecule has 2 nitrogen and oxygen atoms in total. The van der Waals surface area contributed by atoms with Crippen molar-refractivity contribution < 1.29 is 4.79 Å².